The normalized spacial score (nSPS) is 9.71. The Morgan fingerprint density at radius 2 is 2.07 bits per heavy atom. The summed E-state index contributed by atoms with van der Waals surface area (Å²) in [6.07, 6.45) is 0. The summed E-state index contributed by atoms with van der Waals surface area (Å²) >= 11 is 4.36. The van der Waals surface area contributed by atoms with Gasteiger partial charge in [0.1, 0.15) is 5.52 Å². The lowest BCUT2D eigenvalue weighted by molar-refractivity contribution is 0.631. The minimum Gasteiger partial charge on any atom is -0.375 e. The van der Waals surface area contributed by atoms with Gasteiger partial charge in [0.15, 0.2) is 10.9 Å². The van der Waals surface area contributed by atoms with Crippen LogP contribution in [0.5, 0.6) is 0 Å². The van der Waals surface area contributed by atoms with Gasteiger partial charge in [0.2, 0.25) is 0 Å². The van der Waals surface area contributed by atoms with E-state index in [0.717, 1.165) is 4.70 Å². The Balaban J connectivity index is 0.000000461. The third-order valence-electron chi connectivity index (χ3n) is 1.47. The molecule has 0 unspecified atom stereocenters. The fourth-order valence-electron chi connectivity index (χ4n) is 0.954. The predicted octanol–water partition coefficient (Wildman–Crippen LogP) is 3.81. The summed E-state index contributed by atoms with van der Waals surface area (Å²) in [6, 6.07) is 3.44. The number of benzene rings is 1. The maximum absolute atomic E-state index is 13.3. The number of hydrogen-bond donors (Lipinski definition) is 1. The molecule has 2 nitrogen and oxygen atoms in total. The number of halogens is 2. The molecule has 76 valence electrons. The quantitative estimate of drug-likeness (QED) is 0.795. The van der Waals surface area contributed by atoms with Gasteiger partial charge in [-0.3, -0.25) is 0 Å². The Hall–Kier alpha value is -0.680. The molecule has 2 aromatic rings. The Morgan fingerprint density at radius 1 is 1.43 bits per heavy atom. The van der Waals surface area contributed by atoms with Crippen molar-refractivity contribution in [1.29, 1.82) is 0 Å². The van der Waals surface area contributed by atoms with Gasteiger partial charge in [-0.2, -0.15) is 0 Å². The van der Waals surface area contributed by atoms with Crippen molar-refractivity contribution in [2.75, 3.05) is 5.73 Å². The molecule has 0 aliphatic carbocycles. The lowest BCUT2D eigenvalue weighted by Crippen LogP contribution is -1.82. The van der Waals surface area contributed by atoms with E-state index >= 15 is 0 Å². The number of nitrogens with two attached hydrogens (primary N) is 1. The van der Waals surface area contributed by atoms with Gasteiger partial charge in [-0.15, -0.1) is 0 Å². The SMILES string of the molecule is CC.Nc1nc2c(F)c(Br)ccc2s1. The Bertz CT molecular complexity index is 442. The van der Waals surface area contributed by atoms with Gasteiger partial charge in [-0.1, -0.05) is 25.2 Å². The monoisotopic (exact) mass is 276 g/mol. The van der Waals surface area contributed by atoms with Gasteiger partial charge >= 0.3 is 0 Å². The lowest BCUT2D eigenvalue weighted by atomic mass is 10.3. The molecule has 1 aromatic heterocycles. The second kappa shape index (κ2) is 4.70. The minimum atomic E-state index is -0.347. The number of hydrogen-bond acceptors (Lipinski definition) is 3. The first-order chi connectivity index (χ1) is 6.68. The van der Waals surface area contributed by atoms with E-state index in [4.69, 9.17) is 5.73 Å². The fourth-order valence-corrected chi connectivity index (χ4v) is 2.00. The van der Waals surface area contributed by atoms with Crippen molar-refractivity contribution in [2.45, 2.75) is 13.8 Å². The number of nitrogen functional groups attached to an aromatic ring is 1. The third kappa shape index (κ3) is 2.04. The Kier molecular flexibility index (Phi) is 3.83. The zero-order valence-corrected chi connectivity index (χ0v) is 10.2. The molecule has 0 saturated heterocycles. The van der Waals surface area contributed by atoms with Crippen LogP contribution in [0.4, 0.5) is 9.52 Å². The number of rotatable bonds is 0. The molecule has 0 fully saturated rings. The van der Waals surface area contributed by atoms with Crippen molar-refractivity contribution in [1.82, 2.24) is 4.98 Å². The smallest absolute Gasteiger partial charge is 0.181 e. The standard InChI is InChI=1S/C7H4BrFN2S.C2H6/c8-3-1-2-4-6(5(3)9)11-7(10)12-4;1-2/h1-2H,(H2,10,11);1-2H3. The van der Waals surface area contributed by atoms with E-state index in [1.54, 1.807) is 12.1 Å². The number of thiazole rings is 1. The van der Waals surface area contributed by atoms with Crippen LogP contribution in [-0.2, 0) is 0 Å². The average molecular weight is 277 g/mol. The molecule has 0 saturated carbocycles. The lowest BCUT2D eigenvalue weighted by Gasteiger charge is -1.92. The number of aromatic nitrogens is 1. The van der Waals surface area contributed by atoms with Crippen LogP contribution in [0.2, 0.25) is 0 Å². The summed E-state index contributed by atoms with van der Waals surface area (Å²) < 4.78 is 14.4. The molecule has 14 heavy (non-hydrogen) atoms. The van der Waals surface area contributed by atoms with E-state index in [2.05, 4.69) is 20.9 Å². The predicted molar refractivity (Wildman–Crippen MR) is 63.0 cm³/mol. The van der Waals surface area contributed by atoms with Crippen molar-refractivity contribution in [3.8, 4) is 0 Å². The van der Waals surface area contributed by atoms with Gasteiger partial charge in [-0.25, -0.2) is 9.37 Å². The summed E-state index contributed by atoms with van der Waals surface area (Å²) in [4.78, 5) is 3.86. The van der Waals surface area contributed by atoms with Crippen molar-refractivity contribution < 1.29 is 4.39 Å². The van der Waals surface area contributed by atoms with Crippen LogP contribution < -0.4 is 5.73 Å². The van der Waals surface area contributed by atoms with Crippen molar-refractivity contribution in [2.24, 2.45) is 0 Å². The number of fused-ring (bicyclic) bond motifs is 1. The van der Waals surface area contributed by atoms with Gasteiger partial charge in [0.05, 0.1) is 9.17 Å². The Morgan fingerprint density at radius 3 is 2.71 bits per heavy atom. The van der Waals surface area contributed by atoms with E-state index in [1.165, 1.54) is 11.3 Å². The van der Waals surface area contributed by atoms with Crippen molar-refractivity contribution in [3.05, 3.63) is 22.4 Å². The fraction of sp³-hybridized carbons (Fsp3) is 0.222. The van der Waals surface area contributed by atoms with E-state index in [9.17, 15) is 4.39 Å². The van der Waals surface area contributed by atoms with E-state index in [1.807, 2.05) is 13.8 Å². The Labute approximate surface area is 94.1 Å². The molecule has 0 amide bonds. The van der Waals surface area contributed by atoms with Gasteiger partial charge < -0.3 is 5.73 Å². The van der Waals surface area contributed by atoms with Gasteiger partial charge in [0.25, 0.3) is 0 Å². The van der Waals surface area contributed by atoms with E-state index in [0.29, 0.717) is 15.1 Å². The highest BCUT2D eigenvalue weighted by atomic mass is 79.9. The summed E-state index contributed by atoms with van der Waals surface area (Å²) in [5, 5.41) is 0.391. The summed E-state index contributed by atoms with van der Waals surface area (Å²) in [6.45, 7) is 4.00. The van der Waals surface area contributed by atoms with E-state index < -0.39 is 0 Å². The van der Waals surface area contributed by atoms with Crippen LogP contribution >= 0.6 is 27.3 Å². The number of nitrogens with zero attached hydrogens (tertiary/aromatic N) is 1. The maximum Gasteiger partial charge on any atom is 0.181 e. The second-order valence-electron chi connectivity index (χ2n) is 2.26. The van der Waals surface area contributed by atoms with Gasteiger partial charge in [0, 0.05) is 0 Å². The largest absolute Gasteiger partial charge is 0.375 e. The first kappa shape index (κ1) is 11.4. The zero-order chi connectivity index (χ0) is 10.7. The van der Waals surface area contributed by atoms with Crippen molar-refractivity contribution in [3.63, 3.8) is 0 Å². The third-order valence-corrected chi connectivity index (χ3v) is 2.93. The molecule has 2 N–H and O–H groups in total. The second-order valence-corrected chi connectivity index (χ2v) is 4.18. The molecule has 0 bridgehead atoms. The van der Waals surface area contributed by atoms with Crippen LogP contribution in [0.15, 0.2) is 16.6 Å². The highest BCUT2D eigenvalue weighted by Gasteiger charge is 2.08. The molecule has 0 atom stereocenters. The van der Waals surface area contributed by atoms with Crippen LogP contribution in [-0.4, -0.2) is 4.98 Å². The van der Waals surface area contributed by atoms with Gasteiger partial charge in [-0.05, 0) is 28.1 Å². The average Bonchev–Trinajstić information content (AvgIpc) is 2.57. The zero-order valence-electron chi connectivity index (χ0n) is 7.84. The highest BCUT2D eigenvalue weighted by Crippen LogP contribution is 2.29. The van der Waals surface area contributed by atoms with Crippen LogP contribution in [0.25, 0.3) is 10.2 Å². The molecular weight excluding hydrogens is 267 g/mol. The van der Waals surface area contributed by atoms with Crippen LogP contribution in [0.3, 0.4) is 0 Å². The minimum absolute atomic E-state index is 0.340. The number of anilines is 1. The molecule has 1 aromatic carbocycles. The molecule has 0 aliphatic rings. The molecule has 0 spiro atoms. The first-order valence-electron chi connectivity index (χ1n) is 4.18. The molecule has 2 rings (SSSR count). The van der Waals surface area contributed by atoms with E-state index in [-0.39, 0.29) is 5.82 Å². The molecule has 0 aliphatic heterocycles. The molecule has 5 heteroatoms. The molecular formula is C9H10BrFN2S. The summed E-state index contributed by atoms with van der Waals surface area (Å²) in [5.41, 5.74) is 5.77. The molecule has 0 radical (unpaired) electrons. The first-order valence-corrected chi connectivity index (χ1v) is 5.79. The summed E-state index contributed by atoms with van der Waals surface area (Å²) in [7, 11) is 0. The van der Waals surface area contributed by atoms with Crippen LogP contribution in [0, 0.1) is 5.82 Å². The van der Waals surface area contributed by atoms with Crippen molar-refractivity contribution >= 4 is 42.6 Å². The highest BCUT2D eigenvalue weighted by molar-refractivity contribution is 9.10. The topological polar surface area (TPSA) is 38.9 Å². The molecule has 1 heterocycles. The maximum atomic E-state index is 13.3. The summed E-state index contributed by atoms with van der Waals surface area (Å²) in [5.74, 6) is -0.347. The van der Waals surface area contributed by atoms with Crippen LogP contribution in [0.1, 0.15) is 13.8 Å².